The number of aromatic nitrogens is 2. The molecule has 154 valence electrons. The highest BCUT2D eigenvalue weighted by molar-refractivity contribution is 5.75. The minimum absolute atomic E-state index is 0.0541. The van der Waals surface area contributed by atoms with E-state index in [1.165, 1.54) is 5.56 Å². The fourth-order valence-electron chi connectivity index (χ4n) is 4.85. The van der Waals surface area contributed by atoms with Crippen LogP contribution in [-0.4, -0.2) is 59.0 Å². The molecule has 1 atom stereocenters. The van der Waals surface area contributed by atoms with Gasteiger partial charge in [-0.1, -0.05) is 18.2 Å². The van der Waals surface area contributed by atoms with E-state index in [2.05, 4.69) is 38.6 Å². The van der Waals surface area contributed by atoms with E-state index in [0.29, 0.717) is 6.54 Å². The summed E-state index contributed by atoms with van der Waals surface area (Å²) in [5, 5.41) is 10.6. The normalized spacial score (nSPS) is 24.4. The molecule has 29 heavy (non-hydrogen) atoms. The third-order valence-corrected chi connectivity index (χ3v) is 6.59. The van der Waals surface area contributed by atoms with Gasteiger partial charge in [0.2, 0.25) is 0 Å². The molecule has 2 N–H and O–H groups in total. The molecule has 2 amide bonds. The van der Waals surface area contributed by atoms with Crippen molar-refractivity contribution in [3.05, 3.63) is 41.6 Å². The number of fused-ring (bicyclic) bond motifs is 1. The predicted octanol–water partition coefficient (Wildman–Crippen LogP) is 2.87. The summed E-state index contributed by atoms with van der Waals surface area (Å²) in [7, 11) is 0. The van der Waals surface area contributed by atoms with Crippen LogP contribution < -0.4 is 15.0 Å². The summed E-state index contributed by atoms with van der Waals surface area (Å²) in [5.74, 6) is 1.99. The molecular formula is C22H29N5O2. The van der Waals surface area contributed by atoms with Gasteiger partial charge >= 0.3 is 6.03 Å². The Hall–Kier alpha value is -2.70. The maximum absolute atomic E-state index is 12.9. The zero-order valence-electron chi connectivity index (χ0n) is 17.0. The van der Waals surface area contributed by atoms with Crippen molar-refractivity contribution in [1.29, 1.82) is 0 Å². The first-order valence-corrected chi connectivity index (χ1v) is 10.7. The maximum atomic E-state index is 12.9. The number of aryl methyl sites for hydroxylation is 2. The van der Waals surface area contributed by atoms with Crippen LogP contribution >= 0.6 is 0 Å². The molecule has 0 bridgehead atoms. The molecule has 0 aliphatic carbocycles. The number of nitrogens with zero attached hydrogens (tertiary/aromatic N) is 3. The zero-order valence-corrected chi connectivity index (χ0v) is 17.0. The van der Waals surface area contributed by atoms with Crippen molar-refractivity contribution in [2.75, 3.05) is 31.1 Å². The minimum Gasteiger partial charge on any atom is -0.485 e. The molecule has 1 aromatic heterocycles. The highest BCUT2D eigenvalue weighted by Gasteiger charge is 2.44. The van der Waals surface area contributed by atoms with Crippen molar-refractivity contribution < 1.29 is 9.53 Å². The Morgan fingerprint density at radius 2 is 2.07 bits per heavy atom. The summed E-state index contributed by atoms with van der Waals surface area (Å²) in [5.41, 5.74) is 2.14. The summed E-state index contributed by atoms with van der Waals surface area (Å²) in [6, 6.07) is 10.6. The Morgan fingerprint density at radius 3 is 2.86 bits per heavy atom. The number of benzene rings is 1. The molecule has 1 unspecified atom stereocenters. The van der Waals surface area contributed by atoms with Gasteiger partial charge in [0.25, 0.3) is 0 Å². The number of hydrogen-bond acceptors (Lipinski definition) is 4. The van der Waals surface area contributed by atoms with Crippen LogP contribution in [0, 0.1) is 6.92 Å². The lowest BCUT2D eigenvalue weighted by molar-refractivity contribution is 0.0574. The van der Waals surface area contributed by atoms with Gasteiger partial charge in [-0.05, 0) is 44.2 Å². The van der Waals surface area contributed by atoms with E-state index in [9.17, 15) is 4.79 Å². The Bertz CT molecular complexity index is 889. The number of carbonyl (C=O) groups is 1. The Labute approximate surface area is 171 Å². The van der Waals surface area contributed by atoms with Crippen LogP contribution in [0.4, 0.5) is 10.6 Å². The largest absolute Gasteiger partial charge is 0.485 e. The van der Waals surface area contributed by atoms with E-state index >= 15 is 0 Å². The first-order valence-electron chi connectivity index (χ1n) is 10.7. The number of H-pyrrole nitrogens is 1. The van der Waals surface area contributed by atoms with Gasteiger partial charge in [-0.2, -0.15) is 5.10 Å². The number of likely N-dealkylation sites (tertiary alicyclic amines) is 1. The van der Waals surface area contributed by atoms with Crippen molar-refractivity contribution in [3.63, 3.8) is 0 Å². The SMILES string of the molecule is Cc1cc(N2CCC(NC(=O)N3CCC4(CCc5ccccc5O4)C3)CC2)n[nH]1. The Balaban J connectivity index is 1.14. The van der Waals surface area contributed by atoms with Gasteiger partial charge in [0.15, 0.2) is 5.82 Å². The van der Waals surface area contributed by atoms with Crippen LogP contribution in [0.2, 0.25) is 0 Å². The van der Waals surface area contributed by atoms with Gasteiger partial charge in [0, 0.05) is 43.9 Å². The highest BCUT2D eigenvalue weighted by atomic mass is 16.5. The van der Waals surface area contributed by atoms with Crippen molar-refractivity contribution >= 4 is 11.8 Å². The average molecular weight is 396 g/mol. The minimum atomic E-state index is -0.215. The van der Waals surface area contributed by atoms with E-state index in [1.807, 2.05) is 24.0 Å². The number of rotatable bonds is 2. The van der Waals surface area contributed by atoms with Crippen LogP contribution in [0.3, 0.4) is 0 Å². The lowest BCUT2D eigenvalue weighted by Crippen LogP contribution is -2.50. The lowest BCUT2D eigenvalue weighted by Gasteiger charge is -2.36. The maximum Gasteiger partial charge on any atom is 0.317 e. The zero-order chi connectivity index (χ0) is 19.8. The van der Waals surface area contributed by atoms with Crippen molar-refractivity contribution in [2.24, 2.45) is 0 Å². The van der Waals surface area contributed by atoms with Crippen LogP contribution in [0.25, 0.3) is 0 Å². The number of ether oxygens (including phenoxy) is 1. The first kappa shape index (κ1) is 18.3. The third-order valence-electron chi connectivity index (χ3n) is 6.59. The molecule has 7 nitrogen and oxygen atoms in total. The van der Waals surface area contributed by atoms with Gasteiger partial charge in [0.05, 0.1) is 6.54 Å². The van der Waals surface area contributed by atoms with E-state index in [1.54, 1.807) is 0 Å². The quantitative estimate of drug-likeness (QED) is 0.820. The van der Waals surface area contributed by atoms with Gasteiger partial charge < -0.3 is 19.9 Å². The fraction of sp³-hybridized carbons (Fsp3) is 0.545. The Kier molecular flexibility index (Phi) is 4.60. The standard InChI is InChI=1S/C22H29N5O2/c1-16-14-20(25-24-16)26-11-7-18(8-12-26)23-21(28)27-13-10-22(15-27)9-6-17-4-2-3-5-19(17)29-22/h2-5,14,18H,6-13,15H2,1H3,(H,23,28)(H,24,25). The summed E-state index contributed by atoms with van der Waals surface area (Å²) in [6.45, 7) is 5.29. The lowest BCUT2D eigenvalue weighted by atomic mass is 9.90. The molecule has 5 rings (SSSR count). The molecule has 3 aliphatic heterocycles. The van der Waals surface area contributed by atoms with Crippen LogP contribution in [0.1, 0.15) is 36.9 Å². The molecule has 0 saturated carbocycles. The Morgan fingerprint density at radius 1 is 1.24 bits per heavy atom. The number of amides is 2. The molecule has 2 aromatic rings. The summed E-state index contributed by atoms with van der Waals surface area (Å²) >= 11 is 0. The van der Waals surface area contributed by atoms with Gasteiger partial charge in [0.1, 0.15) is 11.4 Å². The van der Waals surface area contributed by atoms with Crippen molar-refractivity contribution in [2.45, 2.75) is 50.7 Å². The molecule has 1 spiro atoms. The predicted molar refractivity (Wildman–Crippen MR) is 111 cm³/mol. The summed E-state index contributed by atoms with van der Waals surface area (Å²) in [4.78, 5) is 17.1. The molecule has 2 fully saturated rings. The second-order valence-electron chi connectivity index (χ2n) is 8.68. The van der Waals surface area contributed by atoms with Crippen LogP contribution in [0.5, 0.6) is 5.75 Å². The number of aromatic amines is 1. The fourth-order valence-corrected chi connectivity index (χ4v) is 4.85. The van der Waals surface area contributed by atoms with Crippen molar-refractivity contribution in [3.8, 4) is 5.75 Å². The van der Waals surface area contributed by atoms with Gasteiger partial charge in [-0.15, -0.1) is 0 Å². The van der Waals surface area contributed by atoms with E-state index in [4.69, 9.17) is 4.74 Å². The third kappa shape index (κ3) is 3.66. The van der Waals surface area contributed by atoms with E-state index in [-0.39, 0.29) is 17.7 Å². The highest BCUT2D eigenvalue weighted by Crippen LogP contribution is 2.38. The van der Waals surface area contributed by atoms with E-state index < -0.39 is 0 Å². The number of carbonyl (C=O) groups excluding carboxylic acids is 1. The van der Waals surface area contributed by atoms with Crippen molar-refractivity contribution in [1.82, 2.24) is 20.4 Å². The molecule has 4 heterocycles. The second-order valence-corrected chi connectivity index (χ2v) is 8.68. The number of nitrogens with one attached hydrogen (secondary N) is 2. The number of urea groups is 1. The molecule has 1 aromatic carbocycles. The number of para-hydroxylation sites is 1. The van der Waals surface area contributed by atoms with Gasteiger partial charge in [-0.3, -0.25) is 5.10 Å². The number of piperidine rings is 1. The molecule has 2 saturated heterocycles. The molecule has 7 heteroatoms. The molecule has 0 radical (unpaired) electrons. The molecule has 3 aliphatic rings. The van der Waals surface area contributed by atoms with Gasteiger partial charge in [-0.25, -0.2) is 4.79 Å². The number of hydrogen-bond donors (Lipinski definition) is 2. The second kappa shape index (κ2) is 7.28. The first-order chi connectivity index (χ1) is 14.1. The monoisotopic (exact) mass is 395 g/mol. The average Bonchev–Trinajstić information content (AvgIpc) is 3.35. The van der Waals surface area contributed by atoms with Crippen LogP contribution in [-0.2, 0) is 6.42 Å². The van der Waals surface area contributed by atoms with E-state index in [0.717, 1.165) is 69.0 Å². The molecular weight excluding hydrogens is 366 g/mol. The smallest absolute Gasteiger partial charge is 0.317 e. The summed E-state index contributed by atoms with van der Waals surface area (Å²) in [6.07, 6.45) is 4.80. The number of anilines is 1. The summed E-state index contributed by atoms with van der Waals surface area (Å²) < 4.78 is 6.38. The topological polar surface area (TPSA) is 73.5 Å². The van der Waals surface area contributed by atoms with Crippen LogP contribution in [0.15, 0.2) is 30.3 Å².